The molecule has 0 unspecified atom stereocenters. The summed E-state index contributed by atoms with van der Waals surface area (Å²) < 4.78 is 23.5. The Balaban J connectivity index is 2.52. The van der Waals surface area contributed by atoms with Crippen molar-refractivity contribution >= 4 is 27.4 Å². The molecule has 0 aliphatic heterocycles. The molecule has 0 spiro atoms. The van der Waals surface area contributed by atoms with E-state index in [2.05, 4.69) is 5.32 Å². The molecule has 0 aliphatic rings. The summed E-state index contributed by atoms with van der Waals surface area (Å²) in [7, 11) is -3.39. The molecular formula is C15H21NO5S. The van der Waals surface area contributed by atoms with Crippen LogP contribution < -0.4 is 5.32 Å². The summed E-state index contributed by atoms with van der Waals surface area (Å²) in [5, 5.41) is 11.2. The lowest BCUT2D eigenvalue weighted by Crippen LogP contribution is -2.24. The molecule has 0 atom stereocenters. The second-order valence-corrected chi connectivity index (χ2v) is 7.30. The van der Waals surface area contributed by atoms with E-state index in [1.54, 1.807) is 24.3 Å². The van der Waals surface area contributed by atoms with Crippen LogP contribution in [-0.2, 0) is 25.8 Å². The van der Waals surface area contributed by atoms with E-state index >= 15 is 0 Å². The van der Waals surface area contributed by atoms with Gasteiger partial charge in [0.25, 0.3) is 0 Å². The van der Waals surface area contributed by atoms with E-state index in [9.17, 15) is 18.0 Å². The number of benzene rings is 1. The van der Waals surface area contributed by atoms with Gasteiger partial charge in [0.15, 0.2) is 9.84 Å². The summed E-state index contributed by atoms with van der Waals surface area (Å²) in [6.45, 7) is 1.98. The second kappa shape index (κ2) is 8.53. The highest BCUT2D eigenvalue weighted by molar-refractivity contribution is 7.92. The first-order valence-corrected chi connectivity index (χ1v) is 8.95. The maximum atomic E-state index is 11.8. The number of amides is 1. The van der Waals surface area contributed by atoms with Crippen molar-refractivity contribution in [2.75, 3.05) is 16.8 Å². The van der Waals surface area contributed by atoms with Gasteiger partial charge < -0.3 is 10.4 Å². The summed E-state index contributed by atoms with van der Waals surface area (Å²) >= 11 is 0. The van der Waals surface area contributed by atoms with E-state index in [0.29, 0.717) is 17.7 Å². The molecule has 0 saturated heterocycles. The molecule has 1 aromatic carbocycles. The first kappa shape index (κ1) is 18.2. The van der Waals surface area contributed by atoms with Gasteiger partial charge in [0.2, 0.25) is 5.91 Å². The third kappa shape index (κ3) is 7.21. The molecule has 122 valence electrons. The number of carbonyl (C=O) groups is 2. The minimum Gasteiger partial charge on any atom is -0.481 e. The van der Waals surface area contributed by atoms with Gasteiger partial charge in [0.05, 0.1) is 12.2 Å². The van der Waals surface area contributed by atoms with Crippen molar-refractivity contribution in [3.63, 3.8) is 0 Å². The van der Waals surface area contributed by atoms with Gasteiger partial charge in [0, 0.05) is 5.69 Å². The smallest absolute Gasteiger partial charge is 0.307 e. The van der Waals surface area contributed by atoms with Crippen molar-refractivity contribution < 1.29 is 23.1 Å². The lowest BCUT2D eigenvalue weighted by atomic mass is 10.1. The normalized spacial score (nSPS) is 11.1. The van der Waals surface area contributed by atoms with Crippen LogP contribution in [-0.4, -0.2) is 36.9 Å². The van der Waals surface area contributed by atoms with Crippen LogP contribution in [0.25, 0.3) is 0 Å². The van der Waals surface area contributed by atoms with E-state index in [1.807, 2.05) is 6.92 Å². The fourth-order valence-electron chi connectivity index (χ4n) is 1.92. The zero-order chi connectivity index (χ0) is 16.6. The summed E-state index contributed by atoms with van der Waals surface area (Å²) in [5.74, 6) is -2.03. The monoisotopic (exact) mass is 327 g/mol. The Bertz CT molecular complexity index is 607. The largest absolute Gasteiger partial charge is 0.481 e. The highest BCUT2D eigenvalue weighted by Gasteiger charge is 2.16. The van der Waals surface area contributed by atoms with E-state index in [1.165, 1.54) is 0 Å². The topological polar surface area (TPSA) is 101 Å². The van der Waals surface area contributed by atoms with Crippen LogP contribution in [0.3, 0.4) is 0 Å². The van der Waals surface area contributed by atoms with Gasteiger partial charge in [-0.25, -0.2) is 8.42 Å². The van der Waals surface area contributed by atoms with Crippen LogP contribution in [0, 0.1) is 0 Å². The van der Waals surface area contributed by atoms with Crippen molar-refractivity contribution in [3.8, 4) is 0 Å². The van der Waals surface area contributed by atoms with Crippen molar-refractivity contribution in [3.05, 3.63) is 29.8 Å². The van der Waals surface area contributed by atoms with Crippen LogP contribution in [0.4, 0.5) is 5.69 Å². The Morgan fingerprint density at radius 2 is 1.77 bits per heavy atom. The maximum absolute atomic E-state index is 11.8. The number of carboxylic acid groups (broad SMARTS) is 1. The molecule has 0 fully saturated rings. The summed E-state index contributed by atoms with van der Waals surface area (Å²) in [4.78, 5) is 22.3. The third-order valence-electron chi connectivity index (χ3n) is 3.00. The van der Waals surface area contributed by atoms with Gasteiger partial charge in [0.1, 0.15) is 5.75 Å². The molecule has 6 nitrogen and oxygen atoms in total. The quantitative estimate of drug-likeness (QED) is 0.674. The van der Waals surface area contributed by atoms with Crippen LogP contribution in [0.5, 0.6) is 0 Å². The Hall–Kier alpha value is -1.89. The van der Waals surface area contributed by atoms with E-state index in [4.69, 9.17) is 5.11 Å². The first-order chi connectivity index (χ1) is 10.3. The molecular weight excluding hydrogens is 306 g/mol. The number of unbranched alkanes of at least 4 members (excludes halogenated alkanes) is 2. The predicted octanol–water partition coefficient (Wildman–Crippen LogP) is 1.86. The standard InChI is InChI=1S/C15H21NO5S/c1-2-3-4-9-22(20,21)11-14(17)16-13-7-5-12(6-8-13)10-15(18)19/h5-8H,2-4,9-11H2,1H3,(H,16,17)(H,18,19). The lowest BCUT2D eigenvalue weighted by Gasteiger charge is -2.07. The molecule has 0 aliphatic carbocycles. The number of nitrogens with one attached hydrogen (secondary N) is 1. The van der Waals surface area contributed by atoms with Crippen molar-refractivity contribution in [2.24, 2.45) is 0 Å². The highest BCUT2D eigenvalue weighted by atomic mass is 32.2. The Morgan fingerprint density at radius 3 is 2.32 bits per heavy atom. The maximum Gasteiger partial charge on any atom is 0.307 e. The number of carbonyl (C=O) groups excluding carboxylic acids is 1. The predicted molar refractivity (Wildman–Crippen MR) is 84.6 cm³/mol. The van der Waals surface area contributed by atoms with E-state index < -0.39 is 27.5 Å². The number of carboxylic acids is 1. The molecule has 7 heteroatoms. The van der Waals surface area contributed by atoms with Gasteiger partial charge in [-0.2, -0.15) is 0 Å². The van der Waals surface area contributed by atoms with Crippen LogP contribution in [0.2, 0.25) is 0 Å². The first-order valence-electron chi connectivity index (χ1n) is 7.13. The molecule has 0 radical (unpaired) electrons. The molecule has 1 aromatic rings. The van der Waals surface area contributed by atoms with Crippen LogP contribution in [0.1, 0.15) is 31.7 Å². The lowest BCUT2D eigenvalue weighted by molar-refractivity contribution is -0.136. The van der Waals surface area contributed by atoms with Crippen LogP contribution >= 0.6 is 0 Å². The Labute approximate surface area is 130 Å². The number of aliphatic carboxylic acids is 1. The summed E-state index contributed by atoms with van der Waals surface area (Å²) in [6.07, 6.45) is 2.21. The summed E-state index contributed by atoms with van der Waals surface area (Å²) in [6, 6.07) is 6.28. The van der Waals surface area contributed by atoms with Gasteiger partial charge in [-0.15, -0.1) is 0 Å². The number of sulfone groups is 1. The van der Waals surface area contributed by atoms with Gasteiger partial charge in [-0.1, -0.05) is 31.9 Å². The molecule has 22 heavy (non-hydrogen) atoms. The molecule has 1 amide bonds. The second-order valence-electron chi connectivity index (χ2n) is 5.11. The molecule has 0 heterocycles. The SMILES string of the molecule is CCCCCS(=O)(=O)CC(=O)Nc1ccc(CC(=O)O)cc1. The number of anilines is 1. The fraction of sp³-hybridized carbons (Fsp3) is 0.467. The molecule has 0 saturated carbocycles. The minimum atomic E-state index is -3.39. The Kier molecular flexibility index (Phi) is 7.04. The minimum absolute atomic E-state index is 0.0197. The van der Waals surface area contributed by atoms with Gasteiger partial charge >= 0.3 is 5.97 Å². The zero-order valence-electron chi connectivity index (χ0n) is 12.5. The molecule has 1 rings (SSSR count). The average molecular weight is 327 g/mol. The van der Waals surface area contributed by atoms with Crippen molar-refractivity contribution in [1.29, 1.82) is 0 Å². The van der Waals surface area contributed by atoms with E-state index in [-0.39, 0.29) is 12.2 Å². The van der Waals surface area contributed by atoms with Crippen molar-refractivity contribution in [2.45, 2.75) is 32.6 Å². The van der Waals surface area contributed by atoms with E-state index in [0.717, 1.165) is 12.8 Å². The van der Waals surface area contributed by atoms with Gasteiger partial charge in [-0.3, -0.25) is 9.59 Å². The number of hydrogen-bond donors (Lipinski definition) is 2. The number of hydrogen-bond acceptors (Lipinski definition) is 4. The number of rotatable bonds is 9. The summed E-state index contributed by atoms with van der Waals surface area (Å²) in [5.41, 5.74) is 1.06. The highest BCUT2D eigenvalue weighted by Crippen LogP contribution is 2.10. The fourth-order valence-corrected chi connectivity index (χ4v) is 3.18. The van der Waals surface area contributed by atoms with Crippen LogP contribution in [0.15, 0.2) is 24.3 Å². The molecule has 0 aromatic heterocycles. The third-order valence-corrected chi connectivity index (χ3v) is 4.62. The molecule has 2 N–H and O–H groups in total. The van der Waals surface area contributed by atoms with Gasteiger partial charge in [-0.05, 0) is 24.1 Å². The average Bonchev–Trinajstić information content (AvgIpc) is 2.40. The zero-order valence-corrected chi connectivity index (χ0v) is 13.4. The Morgan fingerprint density at radius 1 is 1.14 bits per heavy atom. The molecule has 0 bridgehead atoms. The van der Waals surface area contributed by atoms with Crippen molar-refractivity contribution in [1.82, 2.24) is 0 Å².